The molecule has 0 spiro atoms. The smallest absolute Gasteiger partial charge is 0.193 e. The molecule has 76 valence electrons. The summed E-state index contributed by atoms with van der Waals surface area (Å²) in [5, 5.41) is 10.2. The van der Waals surface area contributed by atoms with Gasteiger partial charge in [0.15, 0.2) is 5.78 Å². The summed E-state index contributed by atoms with van der Waals surface area (Å²) in [7, 11) is 0. The van der Waals surface area contributed by atoms with Gasteiger partial charge in [-0.25, -0.2) is 0 Å². The van der Waals surface area contributed by atoms with Crippen LogP contribution in [-0.2, 0) is 0 Å². The van der Waals surface area contributed by atoms with Gasteiger partial charge in [0.05, 0.1) is 5.52 Å². The fraction of sp³-hybridized carbons (Fsp3) is 0.167. The first kappa shape index (κ1) is 9.80. The van der Waals surface area contributed by atoms with E-state index < -0.39 is 6.10 Å². The van der Waals surface area contributed by atoms with Crippen LogP contribution in [0.25, 0.3) is 10.9 Å². The number of aromatic nitrogens is 1. The first-order valence-corrected chi connectivity index (χ1v) is 4.76. The highest BCUT2D eigenvalue weighted by Gasteiger charge is 2.15. The Hall–Kier alpha value is -1.74. The van der Waals surface area contributed by atoms with Crippen molar-refractivity contribution in [2.45, 2.75) is 13.0 Å². The average Bonchev–Trinajstić information content (AvgIpc) is 2.27. The molecule has 0 aliphatic heterocycles. The molecule has 1 aromatic heterocycles. The number of benzene rings is 1. The van der Waals surface area contributed by atoms with E-state index in [1.54, 1.807) is 18.3 Å². The molecule has 2 aromatic rings. The van der Waals surface area contributed by atoms with Crippen LogP contribution in [0.15, 0.2) is 36.5 Å². The lowest BCUT2D eigenvalue weighted by Gasteiger charge is -2.06. The molecule has 3 nitrogen and oxygen atoms in total. The lowest BCUT2D eigenvalue weighted by Crippen LogP contribution is -2.16. The Labute approximate surface area is 87.4 Å². The van der Waals surface area contributed by atoms with Gasteiger partial charge in [-0.15, -0.1) is 0 Å². The van der Waals surface area contributed by atoms with E-state index in [0.717, 1.165) is 5.39 Å². The second-order valence-corrected chi connectivity index (χ2v) is 3.42. The lowest BCUT2D eigenvalue weighted by molar-refractivity contribution is 0.0781. The number of carbonyl (C=O) groups is 1. The van der Waals surface area contributed by atoms with Gasteiger partial charge in [-0.3, -0.25) is 9.78 Å². The summed E-state index contributed by atoms with van der Waals surface area (Å²) in [5.74, 6) is -0.292. The molecule has 3 heteroatoms. The molecule has 1 aromatic carbocycles. The largest absolute Gasteiger partial charge is 0.385 e. The van der Waals surface area contributed by atoms with Crippen molar-refractivity contribution in [2.75, 3.05) is 0 Å². The Morgan fingerprint density at radius 1 is 1.33 bits per heavy atom. The van der Waals surface area contributed by atoms with Crippen LogP contribution >= 0.6 is 0 Å². The van der Waals surface area contributed by atoms with Crippen molar-refractivity contribution in [3.05, 3.63) is 42.1 Å². The molecular weight excluding hydrogens is 190 g/mol. The Kier molecular flexibility index (Phi) is 2.47. The van der Waals surface area contributed by atoms with Gasteiger partial charge in [0.25, 0.3) is 0 Å². The maximum absolute atomic E-state index is 11.7. The van der Waals surface area contributed by atoms with Crippen molar-refractivity contribution in [1.82, 2.24) is 4.98 Å². The third kappa shape index (κ3) is 1.74. The van der Waals surface area contributed by atoms with E-state index >= 15 is 0 Å². The minimum atomic E-state index is -0.988. The third-order valence-electron chi connectivity index (χ3n) is 2.28. The number of pyridine rings is 1. The van der Waals surface area contributed by atoms with E-state index in [0.29, 0.717) is 11.1 Å². The van der Waals surface area contributed by atoms with E-state index in [4.69, 9.17) is 0 Å². The molecule has 0 saturated heterocycles. The van der Waals surface area contributed by atoms with E-state index in [1.807, 2.05) is 18.2 Å². The molecule has 1 N–H and O–H groups in total. The standard InChI is InChI=1S/C12H11NO2/c1-8(14)12(15)10-6-2-4-9-5-3-7-13-11(9)10/h2-8,14H,1H3. The molecule has 2 rings (SSSR count). The number of carbonyl (C=O) groups excluding carboxylic acids is 1. The second-order valence-electron chi connectivity index (χ2n) is 3.42. The van der Waals surface area contributed by atoms with E-state index in [9.17, 15) is 9.90 Å². The molecule has 0 bridgehead atoms. The van der Waals surface area contributed by atoms with Crippen LogP contribution in [0.2, 0.25) is 0 Å². The fourth-order valence-electron chi connectivity index (χ4n) is 1.53. The molecule has 0 amide bonds. The normalized spacial score (nSPS) is 12.7. The van der Waals surface area contributed by atoms with Crippen molar-refractivity contribution in [3.63, 3.8) is 0 Å². The molecular formula is C12H11NO2. The molecule has 0 saturated carbocycles. The van der Waals surface area contributed by atoms with E-state index in [2.05, 4.69) is 4.98 Å². The number of ketones is 1. The molecule has 0 fully saturated rings. The van der Waals surface area contributed by atoms with Crippen molar-refractivity contribution in [2.24, 2.45) is 0 Å². The maximum atomic E-state index is 11.7. The minimum Gasteiger partial charge on any atom is -0.385 e. The Balaban J connectivity index is 2.66. The van der Waals surface area contributed by atoms with Crippen molar-refractivity contribution >= 4 is 16.7 Å². The summed E-state index contributed by atoms with van der Waals surface area (Å²) in [4.78, 5) is 15.8. The minimum absolute atomic E-state index is 0.292. The van der Waals surface area contributed by atoms with Crippen LogP contribution < -0.4 is 0 Å². The summed E-state index contributed by atoms with van der Waals surface area (Å²) in [6.07, 6.45) is 0.652. The zero-order valence-corrected chi connectivity index (χ0v) is 8.34. The molecule has 0 aliphatic rings. The van der Waals surface area contributed by atoms with Crippen LogP contribution in [0, 0.1) is 0 Å². The number of fused-ring (bicyclic) bond motifs is 1. The predicted octanol–water partition coefficient (Wildman–Crippen LogP) is 1.80. The Bertz CT molecular complexity index is 500. The van der Waals surface area contributed by atoms with E-state index in [1.165, 1.54) is 6.92 Å². The van der Waals surface area contributed by atoms with Gasteiger partial charge in [-0.1, -0.05) is 18.2 Å². The van der Waals surface area contributed by atoms with Crippen LogP contribution in [0.1, 0.15) is 17.3 Å². The topological polar surface area (TPSA) is 50.2 Å². The number of Topliss-reactive ketones (excluding diaryl/α,β-unsaturated/α-hetero) is 1. The van der Waals surface area contributed by atoms with Crippen LogP contribution in [0.3, 0.4) is 0 Å². The number of nitrogens with zero attached hydrogens (tertiary/aromatic N) is 1. The third-order valence-corrected chi connectivity index (χ3v) is 2.28. The summed E-state index contributed by atoms with van der Waals surface area (Å²) >= 11 is 0. The fourth-order valence-corrected chi connectivity index (χ4v) is 1.53. The molecule has 15 heavy (non-hydrogen) atoms. The number of para-hydroxylation sites is 1. The van der Waals surface area contributed by atoms with Crippen LogP contribution in [0.4, 0.5) is 0 Å². The van der Waals surface area contributed by atoms with Gasteiger partial charge in [-0.2, -0.15) is 0 Å². The first-order valence-electron chi connectivity index (χ1n) is 4.76. The molecule has 0 aliphatic carbocycles. The van der Waals surface area contributed by atoms with Gasteiger partial charge < -0.3 is 5.11 Å². The number of hydrogen-bond donors (Lipinski definition) is 1. The Morgan fingerprint density at radius 2 is 2.07 bits per heavy atom. The second kappa shape index (κ2) is 3.79. The number of hydrogen-bond acceptors (Lipinski definition) is 3. The van der Waals surface area contributed by atoms with Gasteiger partial charge in [-0.05, 0) is 19.1 Å². The molecule has 1 unspecified atom stereocenters. The summed E-state index contributed by atoms with van der Waals surface area (Å²) in [6.45, 7) is 1.46. The Morgan fingerprint density at radius 3 is 2.80 bits per heavy atom. The highest BCUT2D eigenvalue weighted by molar-refractivity contribution is 6.08. The SMILES string of the molecule is CC(O)C(=O)c1cccc2cccnc12. The highest BCUT2D eigenvalue weighted by Crippen LogP contribution is 2.17. The van der Waals surface area contributed by atoms with E-state index in [-0.39, 0.29) is 5.78 Å². The zero-order chi connectivity index (χ0) is 10.8. The average molecular weight is 201 g/mol. The number of aliphatic hydroxyl groups is 1. The lowest BCUT2D eigenvalue weighted by atomic mass is 10.0. The van der Waals surface area contributed by atoms with Crippen molar-refractivity contribution < 1.29 is 9.90 Å². The molecule has 0 radical (unpaired) electrons. The van der Waals surface area contributed by atoms with Crippen molar-refractivity contribution in [3.8, 4) is 0 Å². The maximum Gasteiger partial charge on any atom is 0.193 e. The summed E-state index contributed by atoms with van der Waals surface area (Å²) in [6, 6.07) is 9.07. The van der Waals surface area contributed by atoms with Gasteiger partial charge >= 0.3 is 0 Å². The van der Waals surface area contributed by atoms with Crippen LogP contribution in [0.5, 0.6) is 0 Å². The molecule has 1 heterocycles. The molecule has 1 atom stereocenters. The monoisotopic (exact) mass is 201 g/mol. The van der Waals surface area contributed by atoms with Crippen LogP contribution in [-0.4, -0.2) is 22.0 Å². The quantitative estimate of drug-likeness (QED) is 0.754. The van der Waals surface area contributed by atoms with Gasteiger partial charge in [0, 0.05) is 17.1 Å². The number of rotatable bonds is 2. The van der Waals surface area contributed by atoms with Crippen molar-refractivity contribution in [1.29, 1.82) is 0 Å². The van der Waals surface area contributed by atoms with Gasteiger partial charge in [0.1, 0.15) is 6.10 Å². The highest BCUT2D eigenvalue weighted by atomic mass is 16.3. The predicted molar refractivity (Wildman–Crippen MR) is 57.8 cm³/mol. The number of aliphatic hydroxyl groups excluding tert-OH is 1. The zero-order valence-electron chi connectivity index (χ0n) is 8.34. The van der Waals surface area contributed by atoms with Gasteiger partial charge in [0.2, 0.25) is 0 Å². The first-order chi connectivity index (χ1) is 7.20. The summed E-state index contributed by atoms with van der Waals surface area (Å²) < 4.78 is 0. The summed E-state index contributed by atoms with van der Waals surface area (Å²) in [5.41, 5.74) is 1.12.